The van der Waals surface area contributed by atoms with Crippen molar-refractivity contribution in [1.82, 2.24) is 10.6 Å². The molecule has 0 radical (unpaired) electrons. The van der Waals surface area contributed by atoms with Crippen molar-refractivity contribution in [3.05, 3.63) is 0 Å². The number of hydrogen-bond donors (Lipinski definition) is 3. The van der Waals surface area contributed by atoms with E-state index in [2.05, 4.69) is 17.6 Å². The van der Waals surface area contributed by atoms with Crippen LogP contribution in [0.3, 0.4) is 0 Å². The lowest BCUT2D eigenvalue weighted by molar-refractivity contribution is -0.151. The Morgan fingerprint density at radius 3 is 2.50 bits per heavy atom. The predicted octanol–water partition coefficient (Wildman–Crippen LogP) is 1.53. The van der Waals surface area contributed by atoms with Crippen LogP contribution in [0.25, 0.3) is 0 Å². The molecule has 1 saturated carbocycles. The average molecular weight is 282 g/mol. The lowest BCUT2D eigenvalue weighted by Crippen LogP contribution is -2.51. The molecule has 0 bridgehead atoms. The molecular formula is C15H26N2O3. The van der Waals surface area contributed by atoms with Gasteiger partial charge in [-0.15, -0.1) is 0 Å². The second kappa shape index (κ2) is 6.57. The summed E-state index contributed by atoms with van der Waals surface area (Å²) in [4.78, 5) is 23.7. The second-order valence-electron chi connectivity index (χ2n) is 6.49. The molecule has 114 valence electrons. The molecule has 1 aliphatic heterocycles. The molecule has 1 atom stereocenters. The van der Waals surface area contributed by atoms with E-state index in [1.807, 2.05) is 0 Å². The highest BCUT2D eigenvalue weighted by molar-refractivity contribution is 5.83. The monoisotopic (exact) mass is 282 g/mol. The molecule has 5 nitrogen and oxygen atoms in total. The number of piperidine rings is 1. The summed E-state index contributed by atoms with van der Waals surface area (Å²) in [7, 11) is 0. The summed E-state index contributed by atoms with van der Waals surface area (Å²) in [6, 6.07) is -0.142. The molecule has 0 spiro atoms. The lowest BCUT2D eigenvalue weighted by atomic mass is 9.70. The Balaban J connectivity index is 1.89. The third kappa shape index (κ3) is 3.51. The van der Waals surface area contributed by atoms with E-state index in [4.69, 9.17) is 0 Å². The second-order valence-corrected chi connectivity index (χ2v) is 6.49. The first-order chi connectivity index (χ1) is 9.53. The maximum absolute atomic E-state index is 12.1. The molecule has 0 aromatic carbocycles. The maximum atomic E-state index is 12.1. The molecule has 0 aromatic rings. The molecular weight excluding hydrogens is 256 g/mol. The van der Waals surface area contributed by atoms with E-state index in [0.717, 1.165) is 38.6 Å². The van der Waals surface area contributed by atoms with Crippen LogP contribution in [-0.4, -0.2) is 36.1 Å². The molecule has 2 rings (SSSR count). The lowest BCUT2D eigenvalue weighted by Gasteiger charge is -2.36. The van der Waals surface area contributed by atoms with Crippen molar-refractivity contribution in [1.29, 1.82) is 0 Å². The van der Waals surface area contributed by atoms with Gasteiger partial charge in [0, 0.05) is 6.54 Å². The Kier molecular flexibility index (Phi) is 5.02. The van der Waals surface area contributed by atoms with Gasteiger partial charge in [-0.2, -0.15) is 0 Å². The maximum Gasteiger partial charge on any atom is 0.311 e. The molecule has 1 heterocycles. The van der Waals surface area contributed by atoms with Crippen molar-refractivity contribution in [2.24, 2.45) is 11.3 Å². The minimum Gasteiger partial charge on any atom is -0.481 e. The summed E-state index contributed by atoms with van der Waals surface area (Å²) in [6.07, 6.45) is 6.23. The van der Waals surface area contributed by atoms with E-state index < -0.39 is 11.4 Å². The van der Waals surface area contributed by atoms with Crippen molar-refractivity contribution < 1.29 is 14.7 Å². The van der Waals surface area contributed by atoms with E-state index in [1.165, 1.54) is 0 Å². The molecule has 0 unspecified atom stereocenters. The molecule has 3 N–H and O–H groups in total. The standard InChI is InChI=1S/C15H26N2O3/c1-11-5-7-15(8-6-11,14(19)20)10-17-13(18)12-4-2-3-9-16-12/h11-12,16H,2-10H2,1H3,(H,17,18)(H,19,20)/t11?,12-,15?/m0/s1. The molecule has 20 heavy (non-hydrogen) atoms. The summed E-state index contributed by atoms with van der Waals surface area (Å²) in [6.45, 7) is 3.31. The van der Waals surface area contributed by atoms with Gasteiger partial charge < -0.3 is 15.7 Å². The predicted molar refractivity (Wildman–Crippen MR) is 76.4 cm³/mol. The highest BCUT2D eigenvalue weighted by Crippen LogP contribution is 2.38. The molecule has 2 fully saturated rings. The highest BCUT2D eigenvalue weighted by Gasteiger charge is 2.41. The van der Waals surface area contributed by atoms with E-state index in [9.17, 15) is 14.7 Å². The van der Waals surface area contributed by atoms with Gasteiger partial charge >= 0.3 is 5.97 Å². The van der Waals surface area contributed by atoms with Gasteiger partial charge in [-0.25, -0.2) is 0 Å². The van der Waals surface area contributed by atoms with E-state index >= 15 is 0 Å². The number of amides is 1. The number of carboxylic acid groups (broad SMARTS) is 1. The Labute approximate surface area is 120 Å². The SMILES string of the molecule is CC1CCC(CNC(=O)[C@@H]2CCCCN2)(C(=O)O)CC1. The average Bonchev–Trinajstić information content (AvgIpc) is 2.47. The minimum absolute atomic E-state index is 0.0380. The van der Waals surface area contributed by atoms with Gasteiger partial charge in [-0.05, 0) is 51.0 Å². The molecule has 0 aromatic heterocycles. The fourth-order valence-electron chi connectivity index (χ4n) is 3.24. The fraction of sp³-hybridized carbons (Fsp3) is 0.867. The van der Waals surface area contributed by atoms with E-state index in [0.29, 0.717) is 18.8 Å². The normalized spacial score (nSPS) is 34.5. The number of nitrogens with one attached hydrogen (secondary N) is 2. The van der Waals surface area contributed by atoms with Crippen LogP contribution in [0.4, 0.5) is 0 Å². The third-order valence-corrected chi connectivity index (χ3v) is 4.91. The van der Waals surface area contributed by atoms with Crippen molar-refractivity contribution in [3.63, 3.8) is 0 Å². The summed E-state index contributed by atoms with van der Waals surface area (Å²) < 4.78 is 0. The van der Waals surface area contributed by atoms with E-state index in [1.54, 1.807) is 0 Å². The summed E-state index contributed by atoms with van der Waals surface area (Å²) >= 11 is 0. The molecule has 1 amide bonds. The molecule has 1 saturated heterocycles. The van der Waals surface area contributed by atoms with Gasteiger partial charge in [0.15, 0.2) is 0 Å². The van der Waals surface area contributed by atoms with Crippen molar-refractivity contribution in [2.45, 2.75) is 57.9 Å². The van der Waals surface area contributed by atoms with Crippen LogP contribution in [0.2, 0.25) is 0 Å². The number of carboxylic acids is 1. The van der Waals surface area contributed by atoms with Crippen LogP contribution in [0, 0.1) is 11.3 Å². The van der Waals surface area contributed by atoms with Crippen LogP contribution in [0.15, 0.2) is 0 Å². The zero-order chi connectivity index (χ0) is 14.6. The first kappa shape index (κ1) is 15.3. The van der Waals surface area contributed by atoms with Crippen molar-refractivity contribution in [3.8, 4) is 0 Å². The van der Waals surface area contributed by atoms with Crippen molar-refractivity contribution in [2.75, 3.05) is 13.1 Å². The van der Waals surface area contributed by atoms with E-state index in [-0.39, 0.29) is 18.5 Å². The van der Waals surface area contributed by atoms with Crippen LogP contribution in [-0.2, 0) is 9.59 Å². The Morgan fingerprint density at radius 2 is 1.95 bits per heavy atom. The largest absolute Gasteiger partial charge is 0.481 e. The van der Waals surface area contributed by atoms with Gasteiger partial charge in [0.25, 0.3) is 0 Å². The molecule has 1 aliphatic carbocycles. The van der Waals surface area contributed by atoms with Crippen LogP contribution in [0.5, 0.6) is 0 Å². The van der Waals surface area contributed by atoms with Crippen LogP contribution < -0.4 is 10.6 Å². The molecule has 5 heteroatoms. The highest BCUT2D eigenvalue weighted by atomic mass is 16.4. The third-order valence-electron chi connectivity index (χ3n) is 4.91. The first-order valence-corrected chi connectivity index (χ1v) is 7.78. The van der Waals surface area contributed by atoms with Crippen LogP contribution >= 0.6 is 0 Å². The zero-order valence-electron chi connectivity index (χ0n) is 12.3. The fourth-order valence-corrected chi connectivity index (χ4v) is 3.24. The van der Waals surface area contributed by atoms with Crippen LogP contribution in [0.1, 0.15) is 51.9 Å². The number of aliphatic carboxylic acids is 1. The zero-order valence-corrected chi connectivity index (χ0v) is 12.3. The summed E-state index contributed by atoms with van der Waals surface area (Å²) in [5, 5.41) is 15.6. The topological polar surface area (TPSA) is 78.4 Å². The summed E-state index contributed by atoms with van der Waals surface area (Å²) in [5.41, 5.74) is -0.753. The number of carbonyl (C=O) groups is 2. The van der Waals surface area contributed by atoms with Crippen molar-refractivity contribution >= 4 is 11.9 Å². The van der Waals surface area contributed by atoms with Gasteiger partial charge in [0.05, 0.1) is 11.5 Å². The smallest absolute Gasteiger partial charge is 0.311 e. The first-order valence-electron chi connectivity index (χ1n) is 7.78. The van der Waals surface area contributed by atoms with Gasteiger partial charge in [-0.3, -0.25) is 9.59 Å². The quantitative estimate of drug-likeness (QED) is 0.730. The van der Waals surface area contributed by atoms with Gasteiger partial charge in [0.2, 0.25) is 5.91 Å². The number of hydrogen-bond acceptors (Lipinski definition) is 3. The van der Waals surface area contributed by atoms with Gasteiger partial charge in [0.1, 0.15) is 0 Å². The molecule has 2 aliphatic rings. The Hall–Kier alpha value is -1.10. The number of rotatable bonds is 4. The Morgan fingerprint density at radius 1 is 1.25 bits per heavy atom. The summed E-state index contributed by atoms with van der Waals surface area (Å²) in [5.74, 6) is -0.205. The van der Waals surface area contributed by atoms with Gasteiger partial charge in [-0.1, -0.05) is 13.3 Å². The Bertz CT molecular complexity index is 356. The minimum atomic E-state index is -0.763. The number of carbonyl (C=O) groups excluding carboxylic acids is 1.